The zero-order valence-electron chi connectivity index (χ0n) is 15.5. The molecule has 1 aliphatic carbocycles. The van der Waals surface area contributed by atoms with E-state index in [-0.39, 0.29) is 18.4 Å². The molecule has 0 spiro atoms. The van der Waals surface area contributed by atoms with Gasteiger partial charge in [0.2, 0.25) is 11.8 Å². The minimum Gasteiger partial charge on any atom is -0.383 e. The van der Waals surface area contributed by atoms with Crippen LogP contribution in [0.15, 0.2) is 0 Å². The second-order valence-electron chi connectivity index (χ2n) is 7.33. The number of nitrogens with zero attached hydrogens (tertiary/aromatic N) is 3. The second kappa shape index (κ2) is 9.37. The van der Waals surface area contributed by atoms with Crippen molar-refractivity contribution in [2.45, 2.75) is 44.6 Å². The van der Waals surface area contributed by atoms with Gasteiger partial charge in [0.15, 0.2) is 0 Å². The monoisotopic (exact) mass is 339 g/mol. The smallest absolute Gasteiger partial charge is 0.237 e. The largest absolute Gasteiger partial charge is 0.383 e. The van der Waals surface area contributed by atoms with Crippen LogP contribution in [0.3, 0.4) is 0 Å². The van der Waals surface area contributed by atoms with Crippen LogP contribution >= 0.6 is 0 Å². The Morgan fingerprint density at radius 1 is 1.08 bits per heavy atom. The fourth-order valence-electron chi connectivity index (χ4n) is 3.98. The summed E-state index contributed by atoms with van der Waals surface area (Å²) in [5, 5.41) is 0. The summed E-state index contributed by atoms with van der Waals surface area (Å²) in [7, 11) is 5.14. The number of rotatable bonds is 7. The molecule has 24 heavy (non-hydrogen) atoms. The van der Waals surface area contributed by atoms with Crippen molar-refractivity contribution in [3.8, 4) is 0 Å². The van der Waals surface area contributed by atoms with E-state index < -0.39 is 0 Å². The van der Waals surface area contributed by atoms with E-state index >= 15 is 0 Å². The van der Waals surface area contributed by atoms with Gasteiger partial charge >= 0.3 is 0 Å². The van der Waals surface area contributed by atoms with Crippen LogP contribution in [0.25, 0.3) is 0 Å². The number of piperidine rings is 1. The standard InChI is InChI=1S/C18H33N3O3/c1-19(2)17(22)13-20(11-12-24-3)14-18(23)21-10-6-8-15-7-4-5-9-16(15)21/h15-16H,4-14H2,1-3H3. The molecule has 2 rings (SSSR count). The summed E-state index contributed by atoms with van der Waals surface area (Å²) in [6.45, 7) is 2.58. The van der Waals surface area contributed by atoms with Gasteiger partial charge < -0.3 is 14.5 Å². The van der Waals surface area contributed by atoms with Gasteiger partial charge in [-0.25, -0.2) is 0 Å². The molecule has 6 nitrogen and oxygen atoms in total. The molecule has 2 atom stereocenters. The van der Waals surface area contributed by atoms with Crippen LogP contribution in [0.1, 0.15) is 38.5 Å². The minimum atomic E-state index is 0.0214. The Morgan fingerprint density at radius 3 is 2.50 bits per heavy atom. The summed E-state index contributed by atoms with van der Waals surface area (Å²) >= 11 is 0. The Labute approximate surface area is 146 Å². The van der Waals surface area contributed by atoms with E-state index in [1.807, 2.05) is 4.90 Å². The topological polar surface area (TPSA) is 53.1 Å². The molecule has 2 fully saturated rings. The van der Waals surface area contributed by atoms with Crippen LogP contribution in [0.5, 0.6) is 0 Å². The highest BCUT2D eigenvalue weighted by Crippen LogP contribution is 2.35. The predicted octanol–water partition coefficient (Wildman–Crippen LogP) is 1.20. The third-order valence-electron chi connectivity index (χ3n) is 5.39. The maximum atomic E-state index is 12.9. The van der Waals surface area contributed by atoms with Crippen molar-refractivity contribution >= 4 is 11.8 Å². The first kappa shape index (κ1) is 19.2. The van der Waals surface area contributed by atoms with E-state index in [9.17, 15) is 9.59 Å². The van der Waals surface area contributed by atoms with Crippen LogP contribution in [-0.4, -0.2) is 86.5 Å². The first-order chi connectivity index (χ1) is 11.5. The highest BCUT2D eigenvalue weighted by atomic mass is 16.5. The first-order valence-corrected chi connectivity index (χ1v) is 9.24. The van der Waals surface area contributed by atoms with Crippen LogP contribution < -0.4 is 0 Å². The van der Waals surface area contributed by atoms with E-state index in [1.165, 1.54) is 25.7 Å². The van der Waals surface area contributed by atoms with E-state index in [0.717, 1.165) is 19.4 Å². The molecular formula is C18H33N3O3. The fraction of sp³-hybridized carbons (Fsp3) is 0.889. The summed E-state index contributed by atoms with van der Waals surface area (Å²) in [5.74, 6) is 0.884. The molecule has 0 radical (unpaired) electrons. The van der Waals surface area contributed by atoms with Gasteiger partial charge in [-0.1, -0.05) is 12.8 Å². The van der Waals surface area contributed by atoms with Crippen LogP contribution in [0, 0.1) is 5.92 Å². The molecule has 1 saturated carbocycles. The van der Waals surface area contributed by atoms with E-state index in [0.29, 0.717) is 31.7 Å². The Balaban J connectivity index is 1.95. The zero-order chi connectivity index (χ0) is 17.5. The third kappa shape index (κ3) is 5.18. The van der Waals surface area contributed by atoms with Crippen molar-refractivity contribution in [2.24, 2.45) is 5.92 Å². The summed E-state index contributed by atoms with van der Waals surface area (Å²) in [4.78, 5) is 30.5. The average molecular weight is 339 g/mol. The van der Waals surface area contributed by atoms with Crippen LogP contribution in [0.2, 0.25) is 0 Å². The molecule has 1 heterocycles. The Kier molecular flexibility index (Phi) is 7.49. The van der Waals surface area contributed by atoms with E-state index in [1.54, 1.807) is 26.1 Å². The molecule has 1 saturated heterocycles. The zero-order valence-corrected chi connectivity index (χ0v) is 15.5. The number of hydrogen-bond acceptors (Lipinski definition) is 4. The maximum absolute atomic E-state index is 12.9. The molecule has 138 valence electrons. The van der Waals surface area contributed by atoms with Crippen molar-refractivity contribution in [1.29, 1.82) is 0 Å². The summed E-state index contributed by atoms with van der Waals surface area (Å²) < 4.78 is 5.14. The predicted molar refractivity (Wildman–Crippen MR) is 93.7 cm³/mol. The van der Waals surface area contributed by atoms with Crippen LogP contribution in [0.4, 0.5) is 0 Å². The summed E-state index contributed by atoms with van der Waals surface area (Å²) in [5.41, 5.74) is 0. The molecule has 2 unspecified atom stereocenters. The van der Waals surface area contributed by atoms with Gasteiger partial charge in [0.05, 0.1) is 19.7 Å². The van der Waals surface area contributed by atoms with E-state index in [2.05, 4.69) is 4.90 Å². The Hall–Kier alpha value is -1.14. The Bertz CT molecular complexity index is 426. The number of methoxy groups -OCH3 is 1. The summed E-state index contributed by atoms with van der Waals surface area (Å²) in [6, 6.07) is 0.425. The van der Waals surface area contributed by atoms with Gasteiger partial charge in [-0.2, -0.15) is 0 Å². The minimum absolute atomic E-state index is 0.0214. The second-order valence-corrected chi connectivity index (χ2v) is 7.33. The van der Waals surface area contributed by atoms with Gasteiger partial charge in [-0.3, -0.25) is 14.5 Å². The normalized spacial score (nSPS) is 23.9. The van der Waals surface area contributed by atoms with Crippen molar-refractivity contribution < 1.29 is 14.3 Å². The van der Waals surface area contributed by atoms with Gasteiger partial charge in [-0.15, -0.1) is 0 Å². The van der Waals surface area contributed by atoms with Gasteiger partial charge in [-0.05, 0) is 31.6 Å². The van der Waals surface area contributed by atoms with Crippen LogP contribution in [-0.2, 0) is 14.3 Å². The SMILES string of the molecule is COCCN(CC(=O)N(C)C)CC(=O)N1CCCC2CCCCC21. The molecule has 2 aliphatic rings. The molecule has 0 aromatic carbocycles. The van der Waals surface area contributed by atoms with Gasteiger partial charge in [0.25, 0.3) is 0 Å². The fourth-order valence-corrected chi connectivity index (χ4v) is 3.98. The Morgan fingerprint density at radius 2 is 1.79 bits per heavy atom. The third-order valence-corrected chi connectivity index (χ3v) is 5.39. The van der Waals surface area contributed by atoms with Crippen molar-refractivity contribution in [3.05, 3.63) is 0 Å². The lowest BCUT2D eigenvalue weighted by Crippen LogP contribution is -2.53. The van der Waals surface area contributed by atoms with Crippen molar-refractivity contribution in [3.63, 3.8) is 0 Å². The summed E-state index contributed by atoms with van der Waals surface area (Å²) in [6.07, 6.45) is 7.33. The quantitative estimate of drug-likeness (QED) is 0.699. The molecule has 2 amide bonds. The molecule has 6 heteroatoms. The molecule has 1 aliphatic heterocycles. The molecule has 0 aromatic rings. The van der Waals surface area contributed by atoms with Gasteiger partial charge in [0.1, 0.15) is 0 Å². The molecular weight excluding hydrogens is 306 g/mol. The molecule has 0 N–H and O–H groups in total. The number of carbonyl (C=O) groups is 2. The maximum Gasteiger partial charge on any atom is 0.237 e. The highest BCUT2D eigenvalue weighted by molar-refractivity contribution is 5.81. The number of ether oxygens (including phenoxy) is 1. The number of hydrogen-bond donors (Lipinski definition) is 0. The lowest BCUT2D eigenvalue weighted by molar-refractivity contribution is -0.140. The number of fused-ring (bicyclic) bond motifs is 1. The molecule has 0 aromatic heterocycles. The molecule has 0 bridgehead atoms. The van der Waals surface area contributed by atoms with E-state index in [4.69, 9.17) is 4.74 Å². The highest BCUT2D eigenvalue weighted by Gasteiger charge is 2.36. The lowest BCUT2D eigenvalue weighted by atomic mass is 9.78. The average Bonchev–Trinajstić information content (AvgIpc) is 2.58. The number of carbonyl (C=O) groups excluding carboxylic acids is 2. The van der Waals surface area contributed by atoms with Crippen molar-refractivity contribution in [1.82, 2.24) is 14.7 Å². The van der Waals surface area contributed by atoms with Crippen molar-refractivity contribution in [2.75, 3.05) is 54.0 Å². The first-order valence-electron chi connectivity index (χ1n) is 9.24. The number of likely N-dealkylation sites (N-methyl/N-ethyl adjacent to an activating group) is 1. The number of amides is 2. The lowest BCUT2D eigenvalue weighted by Gasteiger charge is -2.44. The number of likely N-dealkylation sites (tertiary alicyclic amines) is 1. The van der Waals surface area contributed by atoms with Gasteiger partial charge in [0, 0.05) is 40.3 Å².